The summed E-state index contributed by atoms with van der Waals surface area (Å²) < 4.78 is 1.08. The van der Waals surface area contributed by atoms with Gasteiger partial charge in [0.05, 0.1) is 0 Å². The molecule has 0 aliphatic heterocycles. The Bertz CT molecular complexity index is 452. The quantitative estimate of drug-likeness (QED) is 0.796. The smallest absolute Gasteiger partial charge is 0.223 e. The molecule has 1 fully saturated rings. The predicted octanol–water partition coefficient (Wildman–Crippen LogP) is 3.17. The van der Waals surface area contributed by atoms with Crippen LogP contribution in [0.2, 0.25) is 0 Å². The van der Waals surface area contributed by atoms with E-state index in [-0.39, 0.29) is 17.9 Å². The number of amides is 1. The van der Waals surface area contributed by atoms with Crippen LogP contribution in [0, 0.1) is 5.92 Å². The van der Waals surface area contributed by atoms with Crippen molar-refractivity contribution >= 4 is 33.6 Å². The van der Waals surface area contributed by atoms with Crippen molar-refractivity contribution < 1.29 is 4.79 Å². The van der Waals surface area contributed by atoms with E-state index >= 15 is 0 Å². The summed E-state index contributed by atoms with van der Waals surface area (Å²) in [5.74, 6) is 0.288. The molecule has 1 aromatic carbocycles. The van der Waals surface area contributed by atoms with E-state index in [2.05, 4.69) is 40.3 Å². The van der Waals surface area contributed by atoms with Gasteiger partial charge in [-0.15, -0.1) is 11.8 Å². The van der Waals surface area contributed by atoms with Gasteiger partial charge >= 0.3 is 0 Å². The molecular weight excluding hydrogens is 336 g/mol. The number of benzene rings is 1. The fourth-order valence-corrected chi connectivity index (χ4v) is 3.62. The largest absolute Gasteiger partial charge is 0.355 e. The maximum Gasteiger partial charge on any atom is 0.223 e. The molecule has 0 heterocycles. The van der Waals surface area contributed by atoms with Crippen LogP contribution in [0.1, 0.15) is 26.2 Å². The van der Waals surface area contributed by atoms with E-state index in [4.69, 9.17) is 5.73 Å². The number of rotatable bonds is 5. The van der Waals surface area contributed by atoms with E-state index in [1.165, 1.54) is 4.90 Å². The van der Waals surface area contributed by atoms with Crippen molar-refractivity contribution in [2.45, 2.75) is 42.4 Å². The summed E-state index contributed by atoms with van der Waals surface area (Å²) in [5.41, 5.74) is 5.85. The Hall–Kier alpha value is -0.520. The van der Waals surface area contributed by atoms with Crippen LogP contribution in [0.25, 0.3) is 0 Å². The molecular formula is C15H21BrN2OS. The molecule has 1 aliphatic rings. The maximum absolute atomic E-state index is 12.0. The number of nitrogens with one attached hydrogen (secondary N) is 1. The van der Waals surface area contributed by atoms with Crippen LogP contribution in [0.4, 0.5) is 0 Å². The van der Waals surface area contributed by atoms with Crippen molar-refractivity contribution in [2.75, 3.05) is 6.54 Å². The van der Waals surface area contributed by atoms with Crippen molar-refractivity contribution in [3.8, 4) is 0 Å². The maximum atomic E-state index is 12.0. The third kappa shape index (κ3) is 4.79. The molecule has 0 saturated heterocycles. The second-order valence-corrected chi connectivity index (χ2v) is 7.83. The fraction of sp³-hybridized carbons (Fsp3) is 0.533. The Morgan fingerprint density at radius 3 is 2.75 bits per heavy atom. The molecule has 0 spiro atoms. The lowest BCUT2D eigenvalue weighted by Gasteiger charge is -2.15. The molecule has 3 unspecified atom stereocenters. The Morgan fingerprint density at radius 2 is 2.15 bits per heavy atom. The summed E-state index contributed by atoms with van der Waals surface area (Å²) >= 11 is 5.20. The molecule has 1 saturated carbocycles. The topological polar surface area (TPSA) is 55.1 Å². The van der Waals surface area contributed by atoms with E-state index in [0.717, 1.165) is 23.7 Å². The molecule has 3 nitrogen and oxygen atoms in total. The Kier molecular flexibility index (Phi) is 5.93. The Balaban J connectivity index is 1.73. The van der Waals surface area contributed by atoms with E-state index in [1.54, 1.807) is 11.8 Å². The molecule has 1 amide bonds. The van der Waals surface area contributed by atoms with Crippen molar-refractivity contribution in [3.05, 3.63) is 28.7 Å². The second kappa shape index (κ2) is 7.48. The standard InChI is InChI=1S/C15H21BrN2OS/c1-10(20-14-6-3-12(16)4-7-14)9-18-15(19)11-2-5-13(17)8-11/h3-4,6-7,10-11,13H,2,5,8-9,17H2,1H3,(H,18,19). The van der Waals surface area contributed by atoms with Crippen LogP contribution in [0.5, 0.6) is 0 Å². The molecule has 1 aliphatic carbocycles. The Labute approximate surface area is 133 Å². The zero-order valence-electron chi connectivity index (χ0n) is 11.6. The van der Waals surface area contributed by atoms with Crippen LogP contribution in [-0.2, 0) is 4.79 Å². The highest BCUT2D eigenvalue weighted by Gasteiger charge is 2.27. The lowest BCUT2D eigenvalue weighted by molar-refractivity contribution is -0.124. The van der Waals surface area contributed by atoms with Gasteiger partial charge in [0.1, 0.15) is 0 Å². The average Bonchev–Trinajstić information content (AvgIpc) is 2.85. The van der Waals surface area contributed by atoms with Crippen LogP contribution < -0.4 is 11.1 Å². The molecule has 110 valence electrons. The minimum absolute atomic E-state index is 0.120. The van der Waals surface area contributed by atoms with Crippen molar-refractivity contribution in [2.24, 2.45) is 11.7 Å². The first-order chi connectivity index (χ1) is 9.54. The van der Waals surface area contributed by atoms with Gasteiger partial charge in [-0.2, -0.15) is 0 Å². The SMILES string of the molecule is CC(CNC(=O)C1CCC(N)C1)Sc1ccc(Br)cc1. The van der Waals surface area contributed by atoms with Crippen molar-refractivity contribution in [3.63, 3.8) is 0 Å². The predicted molar refractivity (Wildman–Crippen MR) is 87.8 cm³/mol. The molecule has 5 heteroatoms. The highest BCUT2D eigenvalue weighted by atomic mass is 79.9. The molecule has 1 aromatic rings. The molecule has 0 aromatic heterocycles. The van der Waals surface area contributed by atoms with Gasteiger partial charge in [0, 0.05) is 33.1 Å². The van der Waals surface area contributed by atoms with E-state index < -0.39 is 0 Å². The van der Waals surface area contributed by atoms with E-state index in [9.17, 15) is 4.79 Å². The van der Waals surface area contributed by atoms with Crippen LogP contribution in [0.15, 0.2) is 33.6 Å². The van der Waals surface area contributed by atoms with Gasteiger partial charge in [0.15, 0.2) is 0 Å². The normalized spacial score (nSPS) is 23.6. The lowest BCUT2D eigenvalue weighted by atomic mass is 10.1. The summed E-state index contributed by atoms with van der Waals surface area (Å²) in [7, 11) is 0. The average molecular weight is 357 g/mol. The fourth-order valence-electron chi connectivity index (χ4n) is 2.43. The number of hydrogen-bond acceptors (Lipinski definition) is 3. The number of carbonyl (C=O) groups excluding carboxylic acids is 1. The summed E-state index contributed by atoms with van der Waals surface area (Å²) in [5, 5.41) is 3.41. The monoisotopic (exact) mass is 356 g/mol. The van der Waals surface area contributed by atoms with Gasteiger partial charge in [0.2, 0.25) is 5.91 Å². The van der Waals surface area contributed by atoms with Crippen molar-refractivity contribution in [1.82, 2.24) is 5.32 Å². The van der Waals surface area contributed by atoms with Crippen LogP contribution >= 0.6 is 27.7 Å². The summed E-state index contributed by atoms with van der Waals surface area (Å²) in [6.45, 7) is 2.83. The molecule has 0 bridgehead atoms. The van der Waals surface area contributed by atoms with Gasteiger partial charge in [-0.1, -0.05) is 22.9 Å². The number of hydrogen-bond donors (Lipinski definition) is 2. The van der Waals surface area contributed by atoms with E-state index in [0.29, 0.717) is 11.8 Å². The van der Waals surface area contributed by atoms with Crippen molar-refractivity contribution in [1.29, 1.82) is 0 Å². The minimum Gasteiger partial charge on any atom is -0.355 e. The third-order valence-electron chi connectivity index (χ3n) is 3.56. The summed E-state index contributed by atoms with van der Waals surface area (Å²) in [6, 6.07) is 8.45. The van der Waals surface area contributed by atoms with Crippen LogP contribution in [0.3, 0.4) is 0 Å². The third-order valence-corrected chi connectivity index (χ3v) is 5.20. The summed E-state index contributed by atoms with van der Waals surface area (Å²) in [4.78, 5) is 13.2. The van der Waals surface area contributed by atoms with Gasteiger partial charge in [-0.25, -0.2) is 0 Å². The van der Waals surface area contributed by atoms with Crippen LogP contribution in [-0.4, -0.2) is 23.7 Å². The molecule has 20 heavy (non-hydrogen) atoms. The minimum atomic E-state index is 0.120. The summed E-state index contributed by atoms with van der Waals surface area (Å²) in [6.07, 6.45) is 2.74. The van der Waals surface area contributed by atoms with E-state index in [1.807, 2.05) is 12.1 Å². The first-order valence-electron chi connectivity index (χ1n) is 7.00. The number of carbonyl (C=O) groups is 1. The molecule has 3 atom stereocenters. The molecule has 0 radical (unpaired) electrons. The Morgan fingerprint density at radius 1 is 1.45 bits per heavy atom. The van der Waals surface area contributed by atoms with Gasteiger partial charge in [-0.05, 0) is 43.5 Å². The zero-order chi connectivity index (χ0) is 14.5. The highest BCUT2D eigenvalue weighted by molar-refractivity contribution is 9.10. The number of halogens is 1. The first-order valence-corrected chi connectivity index (χ1v) is 8.67. The first kappa shape index (κ1) is 15.9. The number of nitrogens with two attached hydrogens (primary N) is 1. The molecule has 2 rings (SSSR count). The van der Waals surface area contributed by atoms with Gasteiger partial charge < -0.3 is 11.1 Å². The lowest BCUT2D eigenvalue weighted by Crippen LogP contribution is -2.34. The number of thioether (sulfide) groups is 1. The second-order valence-electron chi connectivity index (χ2n) is 5.40. The highest BCUT2D eigenvalue weighted by Crippen LogP contribution is 2.26. The zero-order valence-corrected chi connectivity index (χ0v) is 14.0. The molecule has 3 N–H and O–H groups in total. The van der Waals surface area contributed by atoms with Gasteiger partial charge in [0.25, 0.3) is 0 Å². The van der Waals surface area contributed by atoms with Gasteiger partial charge in [-0.3, -0.25) is 4.79 Å².